The highest BCUT2D eigenvalue weighted by atomic mass is 79.9. The van der Waals surface area contributed by atoms with E-state index in [2.05, 4.69) is 49.3 Å². The van der Waals surface area contributed by atoms with E-state index in [9.17, 15) is 4.79 Å². The number of amides is 1. The number of hydrogen-bond donors (Lipinski definition) is 1. The molecule has 0 radical (unpaired) electrons. The average molecular weight is 460 g/mol. The number of ether oxygens (including phenoxy) is 1. The van der Waals surface area contributed by atoms with Crippen LogP contribution in [-0.4, -0.2) is 21.5 Å². The van der Waals surface area contributed by atoms with Gasteiger partial charge in [0.2, 0.25) is 5.91 Å². The van der Waals surface area contributed by atoms with Gasteiger partial charge in [0.05, 0.1) is 21.0 Å². The number of benzene rings is 1. The van der Waals surface area contributed by atoms with Crippen LogP contribution in [0.2, 0.25) is 0 Å². The lowest BCUT2D eigenvalue weighted by molar-refractivity contribution is -0.125. The van der Waals surface area contributed by atoms with Gasteiger partial charge < -0.3 is 4.74 Å². The molecule has 1 aliphatic rings. The molecule has 2 rings (SSSR count). The van der Waals surface area contributed by atoms with Crippen LogP contribution in [-0.2, 0) is 4.79 Å². The Kier molecular flexibility index (Phi) is 6.48. The molecule has 6 heteroatoms. The summed E-state index contributed by atoms with van der Waals surface area (Å²) >= 11 is 7.04. The van der Waals surface area contributed by atoms with Gasteiger partial charge in [-0.1, -0.05) is 45.2 Å². The predicted molar refractivity (Wildman–Crippen MR) is 105 cm³/mol. The highest BCUT2D eigenvalue weighted by Gasteiger charge is 2.66. The minimum absolute atomic E-state index is 0.0730. The van der Waals surface area contributed by atoms with Crippen LogP contribution in [0.15, 0.2) is 29.4 Å². The van der Waals surface area contributed by atoms with Crippen molar-refractivity contribution in [3.8, 4) is 5.75 Å². The second-order valence-electron chi connectivity index (χ2n) is 6.27. The summed E-state index contributed by atoms with van der Waals surface area (Å²) in [6.45, 7) is 6.67. The monoisotopic (exact) mass is 458 g/mol. The zero-order valence-electron chi connectivity index (χ0n) is 14.4. The van der Waals surface area contributed by atoms with Gasteiger partial charge in [-0.25, -0.2) is 5.43 Å². The smallest absolute Gasteiger partial charge is 0.248 e. The second kappa shape index (κ2) is 8.00. The van der Waals surface area contributed by atoms with Crippen molar-refractivity contribution in [3.05, 3.63) is 29.8 Å². The summed E-state index contributed by atoms with van der Waals surface area (Å²) in [7, 11) is 0. The molecule has 1 aromatic carbocycles. The number of hydrogen-bond acceptors (Lipinski definition) is 3. The maximum Gasteiger partial charge on any atom is 0.248 e. The number of hydrazone groups is 1. The van der Waals surface area contributed by atoms with Gasteiger partial charge in [0, 0.05) is 0 Å². The Morgan fingerprint density at radius 1 is 1.29 bits per heavy atom. The van der Waals surface area contributed by atoms with Crippen molar-refractivity contribution in [2.45, 2.75) is 49.7 Å². The largest absolute Gasteiger partial charge is 0.494 e. The summed E-state index contributed by atoms with van der Waals surface area (Å²) in [6, 6.07) is 7.85. The number of nitrogens with one attached hydrogen (secondary N) is 1. The molecule has 0 bridgehead atoms. The average Bonchev–Trinajstić information content (AvgIpc) is 3.08. The molecule has 1 fully saturated rings. The van der Waals surface area contributed by atoms with Gasteiger partial charge in [0.25, 0.3) is 0 Å². The van der Waals surface area contributed by atoms with Crippen molar-refractivity contribution in [3.63, 3.8) is 0 Å². The Hall–Kier alpha value is -0.880. The standard InChI is InChI=1S/C18H24Br2N2O2/c1-4-6-7-15(13-8-10-14(11-9-13)24-5-2)21-22-16(23)17(3)12-18(17,19)20/h8-11H,4-7,12H2,1-3H3,(H,22,23)/b21-15+/t17-/m1/s1. The van der Waals surface area contributed by atoms with E-state index in [4.69, 9.17) is 4.74 Å². The molecule has 0 unspecified atom stereocenters. The molecule has 1 saturated carbocycles. The third-order valence-electron chi connectivity index (χ3n) is 4.32. The molecule has 24 heavy (non-hydrogen) atoms. The Balaban J connectivity index is 2.11. The van der Waals surface area contributed by atoms with Crippen molar-refractivity contribution in [1.29, 1.82) is 0 Å². The highest BCUT2D eigenvalue weighted by Crippen LogP contribution is 2.66. The fourth-order valence-electron chi connectivity index (χ4n) is 2.41. The lowest BCUT2D eigenvalue weighted by Crippen LogP contribution is -2.30. The topological polar surface area (TPSA) is 50.7 Å². The zero-order chi connectivity index (χ0) is 17.8. The van der Waals surface area contributed by atoms with E-state index < -0.39 is 5.41 Å². The molecule has 0 heterocycles. The van der Waals surface area contributed by atoms with Gasteiger partial charge in [-0.05, 0) is 62.9 Å². The minimum atomic E-state index is -0.467. The fourth-order valence-corrected chi connectivity index (χ4v) is 3.89. The lowest BCUT2D eigenvalue weighted by atomic mass is 10.0. The lowest BCUT2D eigenvalue weighted by Gasteiger charge is -2.12. The second-order valence-corrected chi connectivity index (χ2v) is 10.0. The molecule has 0 saturated heterocycles. The Morgan fingerprint density at radius 3 is 2.42 bits per heavy atom. The number of carbonyl (C=O) groups excluding carboxylic acids is 1. The van der Waals surface area contributed by atoms with Crippen molar-refractivity contribution in [2.24, 2.45) is 10.5 Å². The predicted octanol–water partition coefficient (Wildman–Crippen LogP) is 4.99. The van der Waals surface area contributed by atoms with Gasteiger partial charge >= 0.3 is 0 Å². The third-order valence-corrected chi connectivity index (χ3v) is 6.63. The number of carbonyl (C=O) groups is 1. The third kappa shape index (κ3) is 4.39. The SMILES string of the molecule is CCCC/C(=N\NC(=O)[C@@]1(C)CC1(Br)Br)c1ccc(OCC)cc1. The molecule has 1 N–H and O–H groups in total. The van der Waals surface area contributed by atoms with Crippen LogP contribution in [0.25, 0.3) is 0 Å². The number of unbranched alkanes of at least 4 members (excludes halogenated alkanes) is 1. The molecule has 0 aliphatic heterocycles. The Morgan fingerprint density at radius 2 is 1.92 bits per heavy atom. The molecule has 132 valence electrons. The van der Waals surface area contributed by atoms with Gasteiger partial charge in [-0.15, -0.1) is 0 Å². The van der Waals surface area contributed by atoms with E-state index in [1.54, 1.807) is 0 Å². The number of nitrogens with zero attached hydrogens (tertiary/aromatic N) is 1. The summed E-state index contributed by atoms with van der Waals surface area (Å²) in [5.41, 5.74) is 4.19. The number of alkyl halides is 2. The summed E-state index contributed by atoms with van der Waals surface area (Å²) in [6.07, 6.45) is 3.68. The van der Waals surface area contributed by atoms with E-state index >= 15 is 0 Å². The number of halogens is 2. The quantitative estimate of drug-likeness (QED) is 0.338. The zero-order valence-corrected chi connectivity index (χ0v) is 17.5. The van der Waals surface area contributed by atoms with Crippen molar-refractivity contribution >= 4 is 43.5 Å². The fraction of sp³-hybridized carbons (Fsp3) is 0.556. The molecular formula is C18H24Br2N2O2. The summed E-state index contributed by atoms with van der Waals surface area (Å²) in [5, 5.41) is 4.41. The normalized spacial score (nSPS) is 22.1. The van der Waals surface area contributed by atoms with Gasteiger partial charge in [-0.3, -0.25) is 4.79 Å². The molecule has 1 atom stereocenters. The van der Waals surface area contributed by atoms with Crippen molar-refractivity contribution < 1.29 is 9.53 Å². The maximum atomic E-state index is 12.4. The van der Waals surface area contributed by atoms with Crippen LogP contribution < -0.4 is 10.2 Å². The van der Waals surface area contributed by atoms with E-state index in [1.165, 1.54) is 0 Å². The minimum Gasteiger partial charge on any atom is -0.494 e. The molecular weight excluding hydrogens is 436 g/mol. The van der Waals surface area contributed by atoms with Gasteiger partial charge in [0.15, 0.2) is 0 Å². The first-order valence-electron chi connectivity index (χ1n) is 8.32. The molecule has 4 nitrogen and oxygen atoms in total. The Labute approximate surface area is 160 Å². The van der Waals surface area contributed by atoms with Crippen LogP contribution in [0.5, 0.6) is 5.75 Å². The van der Waals surface area contributed by atoms with Gasteiger partial charge in [0.1, 0.15) is 5.75 Å². The van der Waals surface area contributed by atoms with Crippen LogP contribution in [0, 0.1) is 5.41 Å². The first-order valence-corrected chi connectivity index (χ1v) is 9.90. The van der Waals surface area contributed by atoms with E-state index in [0.29, 0.717) is 6.61 Å². The number of rotatable bonds is 8. The summed E-state index contributed by atoms with van der Waals surface area (Å²) in [5.74, 6) is 0.769. The molecule has 1 amide bonds. The maximum absolute atomic E-state index is 12.4. The Bertz CT molecular complexity index is 614. The van der Waals surface area contributed by atoms with E-state index in [-0.39, 0.29) is 9.14 Å². The van der Waals surface area contributed by atoms with Gasteiger partial charge in [-0.2, -0.15) is 5.10 Å². The van der Waals surface area contributed by atoms with E-state index in [1.807, 2.05) is 38.1 Å². The molecule has 1 aromatic rings. The molecule has 1 aliphatic carbocycles. The highest BCUT2D eigenvalue weighted by molar-refractivity contribution is 9.25. The van der Waals surface area contributed by atoms with Crippen LogP contribution in [0.4, 0.5) is 0 Å². The molecule has 0 aromatic heterocycles. The van der Waals surface area contributed by atoms with E-state index in [0.717, 1.165) is 42.7 Å². The summed E-state index contributed by atoms with van der Waals surface area (Å²) < 4.78 is 5.17. The first kappa shape index (κ1) is 19.4. The molecule has 0 spiro atoms. The van der Waals surface area contributed by atoms with Crippen LogP contribution in [0.1, 0.15) is 52.0 Å². The van der Waals surface area contributed by atoms with Crippen LogP contribution >= 0.6 is 31.9 Å². The van der Waals surface area contributed by atoms with Crippen LogP contribution in [0.3, 0.4) is 0 Å². The van der Waals surface area contributed by atoms with Crippen molar-refractivity contribution in [1.82, 2.24) is 5.43 Å². The first-order chi connectivity index (χ1) is 11.3. The van der Waals surface area contributed by atoms with Crippen molar-refractivity contribution in [2.75, 3.05) is 6.61 Å². The summed E-state index contributed by atoms with van der Waals surface area (Å²) in [4.78, 5) is 12.4.